The average molecular weight is 327 g/mol. The molecule has 1 aromatic heterocycles. The van der Waals surface area contributed by atoms with Crippen LogP contribution in [-0.4, -0.2) is 45.6 Å². The lowest BCUT2D eigenvalue weighted by Crippen LogP contribution is -2.24. The quantitative estimate of drug-likeness (QED) is 0.804. The molecule has 1 heterocycles. The zero-order valence-corrected chi connectivity index (χ0v) is 13.3. The molecule has 120 valence electrons. The fraction of sp³-hybridized carbons (Fsp3) is 0.385. The number of methoxy groups -OCH3 is 2. The van der Waals surface area contributed by atoms with Gasteiger partial charge in [0, 0.05) is 18.5 Å². The Hall–Kier alpha value is -2.13. The van der Waals surface area contributed by atoms with Crippen LogP contribution >= 0.6 is 0 Å². The molecule has 0 unspecified atom stereocenters. The van der Waals surface area contributed by atoms with Gasteiger partial charge in [0.15, 0.2) is 11.5 Å². The van der Waals surface area contributed by atoms with E-state index in [1.54, 1.807) is 32.4 Å². The molecular weight excluding hydrogens is 310 g/mol. The van der Waals surface area contributed by atoms with Gasteiger partial charge in [0.2, 0.25) is 21.7 Å². The number of sulfonamides is 1. The van der Waals surface area contributed by atoms with E-state index in [9.17, 15) is 8.42 Å². The second-order valence-electron chi connectivity index (χ2n) is 4.50. The van der Waals surface area contributed by atoms with E-state index in [-0.39, 0.29) is 6.54 Å². The van der Waals surface area contributed by atoms with Crippen molar-refractivity contribution in [3.8, 4) is 22.9 Å². The topological polar surface area (TPSA) is 104 Å². The molecule has 0 spiro atoms. The van der Waals surface area contributed by atoms with Crippen molar-refractivity contribution < 1.29 is 22.4 Å². The summed E-state index contributed by atoms with van der Waals surface area (Å²) in [5.74, 6) is 1.91. The molecule has 0 atom stereocenters. The Morgan fingerprint density at radius 1 is 1.23 bits per heavy atom. The van der Waals surface area contributed by atoms with Crippen molar-refractivity contribution in [3.05, 3.63) is 24.1 Å². The smallest absolute Gasteiger partial charge is 0.228 e. The van der Waals surface area contributed by atoms with Crippen LogP contribution in [0, 0.1) is 0 Å². The summed E-state index contributed by atoms with van der Waals surface area (Å²) in [5.41, 5.74) is 0.712. The van der Waals surface area contributed by atoms with Crippen LogP contribution in [0.25, 0.3) is 11.4 Å². The molecule has 9 heteroatoms. The third-order valence-electron chi connectivity index (χ3n) is 2.81. The lowest BCUT2D eigenvalue weighted by Gasteiger charge is -2.07. The second-order valence-corrected chi connectivity index (χ2v) is 6.33. The first-order valence-electron chi connectivity index (χ1n) is 6.42. The largest absolute Gasteiger partial charge is 0.493 e. The van der Waals surface area contributed by atoms with Crippen LogP contribution in [0.3, 0.4) is 0 Å². The van der Waals surface area contributed by atoms with Crippen LogP contribution in [0.1, 0.15) is 5.89 Å². The van der Waals surface area contributed by atoms with Gasteiger partial charge in [-0.3, -0.25) is 0 Å². The lowest BCUT2D eigenvalue weighted by atomic mass is 10.2. The molecule has 0 radical (unpaired) electrons. The Kier molecular flexibility index (Phi) is 4.99. The zero-order chi connectivity index (χ0) is 16.2. The molecule has 0 aliphatic rings. The van der Waals surface area contributed by atoms with Crippen molar-refractivity contribution in [1.29, 1.82) is 0 Å². The minimum absolute atomic E-state index is 0.201. The molecule has 0 aliphatic heterocycles. The second kappa shape index (κ2) is 6.75. The summed E-state index contributed by atoms with van der Waals surface area (Å²) in [6.45, 7) is 0.201. The highest BCUT2D eigenvalue weighted by Gasteiger charge is 2.12. The van der Waals surface area contributed by atoms with E-state index in [2.05, 4.69) is 14.9 Å². The molecule has 0 saturated heterocycles. The van der Waals surface area contributed by atoms with Crippen molar-refractivity contribution in [2.75, 3.05) is 27.0 Å². The average Bonchev–Trinajstić information content (AvgIpc) is 2.94. The van der Waals surface area contributed by atoms with E-state index >= 15 is 0 Å². The molecule has 22 heavy (non-hydrogen) atoms. The molecule has 0 aliphatic carbocycles. The molecule has 8 nitrogen and oxygen atoms in total. The van der Waals surface area contributed by atoms with Crippen LogP contribution in [-0.2, 0) is 16.4 Å². The fourth-order valence-electron chi connectivity index (χ4n) is 1.79. The maximum atomic E-state index is 11.0. The SMILES string of the molecule is COc1ccc(-c2noc(CCNS(C)(=O)=O)n2)cc1OC. The number of aromatic nitrogens is 2. The van der Waals surface area contributed by atoms with Crippen molar-refractivity contribution in [2.24, 2.45) is 0 Å². The number of ether oxygens (including phenoxy) is 2. The third-order valence-corrected chi connectivity index (χ3v) is 3.54. The van der Waals surface area contributed by atoms with Gasteiger partial charge >= 0.3 is 0 Å². The van der Waals surface area contributed by atoms with Crippen LogP contribution in [0.4, 0.5) is 0 Å². The summed E-state index contributed by atoms with van der Waals surface area (Å²) < 4.78 is 39.8. The molecule has 2 aromatic rings. The number of nitrogens with one attached hydrogen (secondary N) is 1. The Labute approximate surface area is 128 Å². The van der Waals surface area contributed by atoms with Gasteiger partial charge in [-0.05, 0) is 18.2 Å². The minimum atomic E-state index is -3.23. The number of nitrogens with zero attached hydrogens (tertiary/aromatic N) is 2. The van der Waals surface area contributed by atoms with Crippen LogP contribution in [0.2, 0.25) is 0 Å². The third kappa shape index (κ3) is 4.18. The van der Waals surface area contributed by atoms with Gasteiger partial charge in [-0.15, -0.1) is 0 Å². The molecule has 0 bridgehead atoms. The van der Waals surface area contributed by atoms with E-state index in [1.807, 2.05) is 0 Å². The maximum Gasteiger partial charge on any atom is 0.228 e. The summed E-state index contributed by atoms with van der Waals surface area (Å²) in [6, 6.07) is 5.27. The summed E-state index contributed by atoms with van der Waals surface area (Å²) in [6.07, 6.45) is 1.41. The monoisotopic (exact) mass is 327 g/mol. The molecule has 0 saturated carbocycles. The van der Waals surface area contributed by atoms with Crippen LogP contribution in [0.5, 0.6) is 11.5 Å². The van der Waals surface area contributed by atoms with Gasteiger partial charge < -0.3 is 14.0 Å². The van der Waals surface area contributed by atoms with Crippen LogP contribution < -0.4 is 14.2 Å². The Bertz CT molecular complexity index is 742. The number of hydrogen-bond acceptors (Lipinski definition) is 7. The first-order valence-corrected chi connectivity index (χ1v) is 8.31. The Morgan fingerprint density at radius 3 is 2.59 bits per heavy atom. The van der Waals surface area contributed by atoms with Gasteiger partial charge in [-0.25, -0.2) is 13.1 Å². The van der Waals surface area contributed by atoms with Crippen molar-refractivity contribution >= 4 is 10.0 Å². The van der Waals surface area contributed by atoms with E-state index in [1.165, 1.54) is 0 Å². The van der Waals surface area contributed by atoms with Crippen molar-refractivity contribution in [2.45, 2.75) is 6.42 Å². The highest BCUT2D eigenvalue weighted by Crippen LogP contribution is 2.31. The van der Waals surface area contributed by atoms with E-state index < -0.39 is 10.0 Å². The number of rotatable bonds is 7. The highest BCUT2D eigenvalue weighted by atomic mass is 32.2. The Balaban J connectivity index is 2.11. The minimum Gasteiger partial charge on any atom is -0.493 e. The fourth-order valence-corrected chi connectivity index (χ4v) is 2.27. The summed E-state index contributed by atoms with van der Waals surface area (Å²) >= 11 is 0. The molecular formula is C13H17N3O5S. The first kappa shape index (κ1) is 16.2. The van der Waals surface area contributed by atoms with E-state index in [4.69, 9.17) is 14.0 Å². The van der Waals surface area contributed by atoms with Crippen molar-refractivity contribution in [1.82, 2.24) is 14.9 Å². The molecule has 0 fully saturated rings. The number of hydrogen-bond donors (Lipinski definition) is 1. The predicted molar refractivity (Wildman–Crippen MR) is 79.4 cm³/mol. The molecule has 0 amide bonds. The maximum absolute atomic E-state index is 11.0. The van der Waals surface area contributed by atoms with Gasteiger partial charge in [0.25, 0.3) is 0 Å². The van der Waals surface area contributed by atoms with Gasteiger partial charge in [0.05, 0.1) is 20.5 Å². The Morgan fingerprint density at radius 2 is 1.95 bits per heavy atom. The standard InChI is InChI=1S/C13H17N3O5S/c1-19-10-5-4-9(8-11(10)20-2)13-15-12(21-16-13)6-7-14-22(3,17)18/h4-5,8,14H,6-7H2,1-3H3. The van der Waals surface area contributed by atoms with Gasteiger partial charge in [-0.2, -0.15) is 4.98 Å². The van der Waals surface area contributed by atoms with Crippen molar-refractivity contribution in [3.63, 3.8) is 0 Å². The van der Waals surface area contributed by atoms with E-state index in [0.29, 0.717) is 35.2 Å². The molecule has 2 rings (SSSR count). The summed E-state index contributed by atoms with van der Waals surface area (Å²) in [5, 5.41) is 3.87. The summed E-state index contributed by atoms with van der Waals surface area (Å²) in [4.78, 5) is 4.22. The predicted octanol–water partition coefficient (Wildman–Crippen LogP) is 0.845. The zero-order valence-electron chi connectivity index (χ0n) is 12.5. The normalized spacial score (nSPS) is 11.4. The van der Waals surface area contributed by atoms with E-state index in [0.717, 1.165) is 6.26 Å². The molecule has 1 aromatic carbocycles. The van der Waals surface area contributed by atoms with Gasteiger partial charge in [0.1, 0.15) is 0 Å². The lowest BCUT2D eigenvalue weighted by molar-refractivity contribution is 0.355. The summed E-state index contributed by atoms with van der Waals surface area (Å²) in [7, 11) is -0.130. The van der Waals surface area contributed by atoms with Crippen LogP contribution in [0.15, 0.2) is 22.7 Å². The first-order chi connectivity index (χ1) is 10.4. The van der Waals surface area contributed by atoms with Gasteiger partial charge in [-0.1, -0.05) is 5.16 Å². The highest BCUT2D eigenvalue weighted by molar-refractivity contribution is 7.88. The number of benzene rings is 1. The molecule has 1 N–H and O–H groups in total.